The highest BCUT2D eigenvalue weighted by molar-refractivity contribution is 5.70. The van der Waals surface area contributed by atoms with Crippen molar-refractivity contribution in [2.24, 2.45) is 0 Å². The van der Waals surface area contributed by atoms with Gasteiger partial charge in [0.1, 0.15) is 0 Å². The van der Waals surface area contributed by atoms with E-state index in [2.05, 4.69) is 19.1 Å². The average molecular weight is 314 g/mol. The molecule has 0 saturated carbocycles. The van der Waals surface area contributed by atoms with Crippen LogP contribution in [0.1, 0.15) is 78.1 Å². The van der Waals surface area contributed by atoms with Crippen LogP contribution in [0.3, 0.4) is 0 Å². The number of hydrogen-bond acceptors (Lipinski definition) is 3. The molecule has 0 aromatic carbocycles. The van der Waals surface area contributed by atoms with Gasteiger partial charge >= 0.3 is 5.97 Å². The molecule has 130 valence electrons. The van der Waals surface area contributed by atoms with Gasteiger partial charge in [0, 0.05) is 6.61 Å². The number of allylic oxidation sites excluding steroid dienone is 2. The number of aliphatic carboxylic acids is 1. The predicted octanol–water partition coefficient (Wildman–Crippen LogP) is 4.93. The van der Waals surface area contributed by atoms with Crippen LogP contribution in [0.25, 0.3) is 0 Å². The SMILES string of the molecule is CCCCCCCC=CCCCCCOC(OCC)C(=O)O. The van der Waals surface area contributed by atoms with Gasteiger partial charge in [0.05, 0.1) is 6.61 Å². The molecule has 0 spiro atoms. The lowest BCUT2D eigenvalue weighted by Crippen LogP contribution is -2.27. The molecule has 0 aliphatic heterocycles. The Labute approximate surface area is 135 Å². The van der Waals surface area contributed by atoms with Crippen molar-refractivity contribution < 1.29 is 19.4 Å². The summed E-state index contributed by atoms with van der Waals surface area (Å²) < 4.78 is 10.2. The van der Waals surface area contributed by atoms with Gasteiger partial charge in [-0.2, -0.15) is 0 Å². The Morgan fingerprint density at radius 3 is 2.05 bits per heavy atom. The van der Waals surface area contributed by atoms with E-state index in [4.69, 9.17) is 14.6 Å². The fraction of sp³-hybridized carbons (Fsp3) is 0.833. The molecule has 1 N–H and O–H groups in total. The highest BCUT2D eigenvalue weighted by Crippen LogP contribution is 2.07. The summed E-state index contributed by atoms with van der Waals surface area (Å²) in [5.74, 6) is -1.05. The van der Waals surface area contributed by atoms with Gasteiger partial charge in [0.2, 0.25) is 0 Å². The zero-order valence-corrected chi connectivity index (χ0v) is 14.4. The predicted molar refractivity (Wildman–Crippen MR) is 90.0 cm³/mol. The first kappa shape index (κ1) is 21.1. The molecule has 1 unspecified atom stereocenters. The molecular weight excluding hydrogens is 280 g/mol. The Hall–Kier alpha value is -0.870. The summed E-state index contributed by atoms with van der Waals surface area (Å²) in [7, 11) is 0. The number of carboxylic acids is 1. The summed E-state index contributed by atoms with van der Waals surface area (Å²) in [5, 5.41) is 8.84. The van der Waals surface area contributed by atoms with Crippen LogP contribution in [0.15, 0.2) is 12.2 Å². The molecule has 0 amide bonds. The normalized spacial score (nSPS) is 12.8. The molecule has 0 saturated heterocycles. The van der Waals surface area contributed by atoms with Crippen molar-refractivity contribution in [3.8, 4) is 0 Å². The summed E-state index contributed by atoms with van der Waals surface area (Å²) in [6, 6.07) is 0. The van der Waals surface area contributed by atoms with E-state index in [0.29, 0.717) is 13.2 Å². The first-order valence-electron chi connectivity index (χ1n) is 8.83. The van der Waals surface area contributed by atoms with Gasteiger partial charge in [-0.05, 0) is 39.0 Å². The fourth-order valence-electron chi connectivity index (χ4n) is 2.17. The third kappa shape index (κ3) is 14.1. The molecule has 0 bridgehead atoms. The van der Waals surface area contributed by atoms with Gasteiger partial charge < -0.3 is 14.6 Å². The molecule has 4 heteroatoms. The van der Waals surface area contributed by atoms with Gasteiger partial charge in [-0.25, -0.2) is 4.79 Å². The van der Waals surface area contributed by atoms with Crippen molar-refractivity contribution in [3.05, 3.63) is 12.2 Å². The first-order valence-corrected chi connectivity index (χ1v) is 8.83. The zero-order valence-electron chi connectivity index (χ0n) is 14.4. The standard InChI is InChI=1S/C18H34O4/c1-3-5-6-7-8-9-10-11-12-13-14-15-16-22-18(17(19)20)21-4-2/h10-11,18H,3-9,12-16H2,1-2H3,(H,19,20). The van der Waals surface area contributed by atoms with Crippen molar-refractivity contribution in [1.82, 2.24) is 0 Å². The van der Waals surface area contributed by atoms with Crippen LogP contribution >= 0.6 is 0 Å². The Balaban J connectivity index is 3.33. The number of rotatable bonds is 16. The van der Waals surface area contributed by atoms with Gasteiger partial charge in [-0.15, -0.1) is 0 Å². The van der Waals surface area contributed by atoms with Crippen LogP contribution in [-0.4, -0.2) is 30.6 Å². The third-order valence-corrected chi connectivity index (χ3v) is 3.45. The summed E-state index contributed by atoms with van der Waals surface area (Å²) in [6.45, 7) is 4.79. The lowest BCUT2D eigenvalue weighted by molar-refractivity contribution is -0.188. The van der Waals surface area contributed by atoms with E-state index in [1.54, 1.807) is 6.92 Å². The molecule has 0 aromatic heterocycles. The van der Waals surface area contributed by atoms with Crippen LogP contribution in [0.4, 0.5) is 0 Å². The molecule has 0 rings (SSSR count). The van der Waals surface area contributed by atoms with E-state index in [9.17, 15) is 4.79 Å². The van der Waals surface area contributed by atoms with Crippen molar-refractivity contribution in [3.63, 3.8) is 0 Å². The molecule has 0 fully saturated rings. The minimum absolute atomic E-state index is 0.347. The van der Waals surface area contributed by atoms with Gasteiger partial charge in [0.25, 0.3) is 6.29 Å². The van der Waals surface area contributed by atoms with E-state index < -0.39 is 12.3 Å². The van der Waals surface area contributed by atoms with E-state index in [-0.39, 0.29) is 0 Å². The Morgan fingerprint density at radius 1 is 0.909 bits per heavy atom. The second kappa shape index (κ2) is 16.5. The topological polar surface area (TPSA) is 55.8 Å². The lowest BCUT2D eigenvalue weighted by Gasteiger charge is -2.12. The van der Waals surface area contributed by atoms with Gasteiger partial charge in [-0.3, -0.25) is 0 Å². The smallest absolute Gasteiger partial charge is 0.361 e. The average Bonchev–Trinajstić information content (AvgIpc) is 2.50. The Kier molecular flexibility index (Phi) is 15.8. The fourth-order valence-corrected chi connectivity index (χ4v) is 2.17. The van der Waals surface area contributed by atoms with E-state index in [0.717, 1.165) is 25.7 Å². The number of unbranched alkanes of at least 4 members (excludes halogenated alkanes) is 8. The van der Waals surface area contributed by atoms with Crippen molar-refractivity contribution in [2.75, 3.05) is 13.2 Å². The summed E-state index contributed by atoms with van der Waals surface area (Å²) >= 11 is 0. The summed E-state index contributed by atoms with van der Waals surface area (Å²) in [4.78, 5) is 10.8. The van der Waals surface area contributed by atoms with Crippen molar-refractivity contribution >= 4 is 5.97 Å². The Bertz CT molecular complexity index is 276. The van der Waals surface area contributed by atoms with Gasteiger partial charge in [-0.1, -0.05) is 51.2 Å². The van der Waals surface area contributed by atoms with E-state index in [1.165, 1.54) is 38.5 Å². The van der Waals surface area contributed by atoms with Crippen LogP contribution in [0.5, 0.6) is 0 Å². The zero-order chi connectivity index (χ0) is 16.5. The van der Waals surface area contributed by atoms with E-state index >= 15 is 0 Å². The lowest BCUT2D eigenvalue weighted by atomic mass is 10.1. The summed E-state index contributed by atoms with van der Waals surface area (Å²) in [5.41, 5.74) is 0. The van der Waals surface area contributed by atoms with Crippen LogP contribution in [0, 0.1) is 0 Å². The van der Waals surface area contributed by atoms with Gasteiger partial charge in [0.15, 0.2) is 0 Å². The number of ether oxygens (including phenoxy) is 2. The van der Waals surface area contributed by atoms with E-state index in [1.807, 2.05) is 0 Å². The molecule has 0 aromatic rings. The quantitative estimate of drug-likeness (QED) is 0.249. The van der Waals surface area contributed by atoms with Crippen LogP contribution < -0.4 is 0 Å². The van der Waals surface area contributed by atoms with Crippen molar-refractivity contribution in [1.29, 1.82) is 0 Å². The molecule has 0 radical (unpaired) electrons. The molecule has 0 aliphatic carbocycles. The monoisotopic (exact) mass is 314 g/mol. The molecule has 0 heterocycles. The molecule has 4 nitrogen and oxygen atoms in total. The maximum Gasteiger partial charge on any atom is 0.361 e. The molecule has 1 atom stereocenters. The highest BCUT2D eigenvalue weighted by atomic mass is 16.7. The minimum Gasteiger partial charge on any atom is -0.477 e. The Morgan fingerprint density at radius 2 is 1.50 bits per heavy atom. The maximum absolute atomic E-state index is 10.8. The number of carboxylic acid groups (broad SMARTS) is 1. The third-order valence-electron chi connectivity index (χ3n) is 3.45. The number of carbonyl (C=O) groups is 1. The molecular formula is C18H34O4. The van der Waals surface area contributed by atoms with Crippen LogP contribution in [0.2, 0.25) is 0 Å². The summed E-state index contributed by atoms with van der Waals surface area (Å²) in [6.07, 6.45) is 15.5. The highest BCUT2D eigenvalue weighted by Gasteiger charge is 2.16. The largest absolute Gasteiger partial charge is 0.477 e. The first-order chi connectivity index (χ1) is 10.7. The molecule has 0 aliphatic rings. The van der Waals surface area contributed by atoms with Crippen LogP contribution in [-0.2, 0) is 14.3 Å². The second-order valence-electron chi connectivity index (χ2n) is 5.52. The number of hydrogen-bond donors (Lipinski definition) is 1. The van der Waals surface area contributed by atoms with Crippen molar-refractivity contribution in [2.45, 2.75) is 84.3 Å². The second-order valence-corrected chi connectivity index (χ2v) is 5.52. The molecule has 22 heavy (non-hydrogen) atoms. The minimum atomic E-state index is -1.11. The maximum atomic E-state index is 10.8.